The second-order valence-corrected chi connectivity index (χ2v) is 8.76. The topological polar surface area (TPSA) is 61.4 Å². The summed E-state index contributed by atoms with van der Waals surface area (Å²) in [7, 11) is 0. The Morgan fingerprint density at radius 1 is 0.931 bits per heavy atom. The summed E-state index contributed by atoms with van der Waals surface area (Å²) in [4.78, 5) is 27.2. The van der Waals surface area contributed by atoms with Crippen molar-refractivity contribution in [2.45, 2.75) is 51.6 Å². The number of likely N-dealkylation sites (tertiary alicyclic amines) is 1. The Labute approximate surface area is 173 Å². The van der Waals surface area contributed by atoms with E-state index in [1.165, 1.54) is 5.56 Å². The second-order valence-electron chi connectivity index (χ2n) is 8.76. The van der Waals surface area contributed by atoms with Gasteiger partial charge in [0.05, 0.1) is 0 Å². The smallest absolute Gasteiger partial charge is 0.313 e. The van der Waals surface area contributed by atoms with Crippen LogP contribution in [0.3, 0.4) is 0 Å². The van der Waals surface area contributed by atoms with E-state index in [1.807, 2.05) is 30.3 Å². The average molecular weight is 394 g/mol. The number of nitrogens with one attached hydrogen (secondary N) is 2. The summed E-state index contributed by atoms with van der Waals surface area (Å²) in [6.45, 7) is 9.00. The van der Waals surface area contributed by atoms with Gasteiger partial charge in [0, 0.05) is 31.4 Å². The largest absolute Gasteiger partial charge is 0.345 e. The van der Waals surface area contributed by atoms with E-state index in [2.05, 4.69) is 60.6 Å². The van der Waals surface area contributed by atoms with Crippen LogP contribution in [0.2, 0.25) is 0 Å². The van der Waals surface area contributed by atoms with Crippen LogP contribution >= 0.6 is 0 Å². The fourth-order valence-electron chi connectivity index (χ4n) is 3.75. The lowest BCUT2D eigenvalue weighted by atomic mass is 9.86. The molecule has 29 heavy (non-hydrogen) atoms. The molecule has 1 heterocycles. The molecule has 1 aliphatic rings. The molecule has 0 unspecified atom stereocenters. The number of anilines is 1. The summed E-state index contributed by atoms with van der Waals surface area (Å²) in [5, 5.41) is 5.69. The highest BCUT2D eigenvalue weighted by Crippen LogP contribution is 2.29. The highest BCUT2D eigenvalue weighted by molar-refractivity contribution is 6.39. The Balaban J connectivity index is 1.49. The second kappa shape index (κ2) is 9.23. The van der Waals surface area contributed by atoms with Gasteiger partial charge >= 0.3 is 11.8 Å². The number of benzene rings is 2. The third kappa shape index (κ3) is 5.91. The molecule has 1 fully saturated rings. The molecule has 0 atom stereocenters. The van der Waals surface area contributed by atoms with Crippen molar-refractivity contribution in [3.8, 4) is 0 Å². The number of para-hydroxylation sites is 1. The van der Waals surface area contributed by atoms with Crippen LogP contribution in [0.25, 0.3) is 0 Å². The molecule has 2 aromatic rings. The molecule has 5 nitrogen and oxygen atoms in total. The lowest BCUT2D eigenvalue weighted by molar-refractivity contribution is -0.136. The first-order valence-corrected chi connectivity index (χ1v) is 10.3. The number of nitrogens with zero attached hydrogens (tertiary/aromatic N) is 1. The maximum atomic E-state index is 12.4. The maximum absolute atomic E-state index is 12.4. The van der Waals surface area contributed by atoms with Gasteiger partial charge in [-0.05, 0) is 35.4 Å². The average Bonchev–Trinajstić information content (AvgIpc) is 2.70. The van der Waals surface area contributed by atoms with E-state index in [0.29, 0.717) is 5.69 Å². The highest BCUT2D eigenvalue weighted by Gasteiger charge is 2.25. The monoisotopic (exact) mass is 393 g/mol. The normalized spacial score (nSPS) is 15.7. The number of piperidine rings is 1. The minimum Gasteiger partial charge on any atom is -0.345 e. The summed E-state index contributed by atoms with van der Waals surface area (Å²) < 4.78 is 0. The third-order valence-electron chi connectivity index (χ3n) is 5.36. The molecule has 0 bridgehead atoms. The fraction of sp³-hybridized carbons (Fsp3) is 0.417. The molecular formula is C24H31N3O2. The molecule has 1 saturated heterocycles. The molecule has 0 aromatic heterocycles. The molecule has 3 rings (SSSR count). The van der Waals surface area contributed by atoms with Gasteiger partial charge < -0.3 is 10.6 Å². The molecule has 154 valence electrons. The number of carbonyl (C=O) groups excluding carboxylic acids is 2. The summed E-state index contributed by atoms with van der Waals surface area (Å²) in [6.07, 6.45) is 1.70. The van der Waals surface area contributed by atoms with Gasteiger partial charge in [-0.2, -0.15) is 0 Å². The molecule has 1 aliphatic heterocycles. The van der Waals surface area contributed by atoms with Crippen molar-refractivity contribution in [3.63, 3.8) is 0 Å². The van der Waals surface area contributed by atoms with Crippen molar-refractivity contribution in [1.82, 2.24) is 10.2 Å². The lowest BCUT2D eigenvalue weighted by Gasteiger charge is -2.32. The van der Waals surface area contributed by atoms with E-state index in [4.69, 9.17) is 0 Å². The van der Waals surface area contributed by atoms with Crippen LogP contribution in [0.1, 0.15) is 44.7 Å². The van der Waals surface area contributed by atoms with Crippen LogP contribution in [0, 0.1) is 0 Å². The van der Waals surface area contributed by atoms with Gasteiger partial charge in [0.1, 0.15) is 0 Å². The molecule has 2 aromatic carbocycles. The Morgan fingerprint density at radius 3 is 2.21 bits per heavy atom. The molecule has 0 radical (unpaired) electrons. The predicted molar refractivity (Wildman–Crippen MR) is 117 cm³/mol. The van der Waals surface area contributed by atoms with E-state index in [9.17, 15) is 9.59 Å². The van der Waals surface area contributed by atoms with Crippen molar-refractivity contribution < 1.29 is 9.59 Å². The number of hydrogen-bond acceptors (Lipinski definition) is 3. The van der Waals surface area contributed by atoms with Crippen LogP contribution in [0.5, 0.6) is 0 Å². The van der Waals surface area contributed by atoms with E-state index < -0.39 is 11.8 Å². The van der Waals surface area contributed by atoms with E-state index in [-0.39, 0.29) is 11.5 Å². The first kappa shape index (κ1) is 21.1. The molecule has 2 N–H and O–H groups in total. The quantitative estimate of drug-likeness (QED) is 0.779. The van der Waals surface area contributed by atoms with Gasteiger partial charge in [-0.3, -0.25) is 14.5 Å². The van der Waals surface area contributed by atoms with Gasteiger partial charge in [-0.25, -0.2) is 0 Å². The van der Waals surface area contributed by atoms with Crippen LogP contribution in [0.15, 0.2) is 54.6 Å². The zero-order valence-electron chi connectivity index (χ0n) is 17.6. The molecular weight excluding hydrogens is 362 g/mol. The van der Waals surface area contributed by atoms with Crippen molar-refractivity contribution >= 4 is 17.5 Å². The van der Waals surface area contributed by atoms with Gasteiger partial charge in [0.2, 0.25) is 0 Å². The van der Waals surface area contributed by atoms with Gasteiger partial charge in [0.15, 0.2) is 0 Å². The first-order valence-electron chi connectivity index (χ1n) is 10.3. The SMILES string of the molecule is CC(C)(C)c1ccccc1NC(=O)C(=O)NC1CCN(Cc2ccccc2)CC1. The molecule has 5 heteroatoms. The van der Waals surface area contributed by atoms with Crippen molar-refractivity contribution in [2.75, 3.05) is 18.4 Å². The molecule has 0 aliphatic carbocycles. The van der Waals surface area contributed by atoms with Crippen LogP contribution in [0.4, 0.5) is 5.69 Å². The van der Waals surface area contributed by atoms with E-state index in [0.717, 1.165) is 38.0 Å². The molecule has 0 saturated carbocycles. The Kier molecular flexibility index (Phi) is 6.70. The van der Waals surface area contributed by atoms with Gasteiger partial charge in [-0.1, -0.05) is 69.3 Å². The Morgan fingerprint density at radius 2 is 1.55 bits per heavy atom. The standard InChI is InChI=1S/C24H31N3O2/c1-24(2,3)20-11-7-8-12-21(20)26-23(29)22(28)25-19-13-15-27(16-14-19)17-18-9-5-4-6-10-18/h4-12,19H,13-17H2,1-3H3,(H,25,28)(H,26,29). The number of carbonyl (C=O) groups is 2. The summed E-state index contributed by atoms with van der Waals surface area (Å²) in [5.74, 6) is -1.16. The van der Waals surface area contributed by atoms with Crippen molar-refractivity contribution in [3.05, 3.63) is 65.7 Å². The van der Waals surface area contributed by atoms with Gasteiger partial charge in [0.25, 0.3) is 0 Å². The number of hydrogen-bond donors (Lipinski definition) is 2. The zero-order valence-corrected chi connectivity index (χ0v) is 17.6. The highest BCUT2D eigenvalue weighted by atomic mass is 16.2. The Bertz CT molecular complexity index is 835. The minimum absolute atomic E-state index is 0.0399. The van der Waals surface area contributed by atoms with Gasteiger partial charge in [-0.15, -0.1) is 0 Å². The predicted octanol–water partition coefficient (Wildman–Crippen LogP) is 3.70. The maximum Gasteiger partial charge on any atom is 0.313 e. The van der Waals surface area contributed by atoms with Crippen LogP contribution in [-0.4, -0.2) is 35.8 Å². The minimum atomic E-state index is -0.603. The third-order valence-corrected chi connectivity index (χ3v) is 5.36. The first-order chi connectivity index (χ1) is 13.8. The molecule has 2 amide bonds. The Hall–Kier alpha value is -2.66. The number of amides is 2. The summed E-state index contributed by atoms with van der Waals surface area (Å²) in [6, 6.07) is 18.1. The van der Waals surface area contributed by atoms with E-state index >= 15 is 0 Å². The molecule has 0 spiro atoms. The summed E-state index contributed by atoms with van der Waals surface area (Å²) >= 11 is 0. The van der Waals surface area contributed by atoms with Crippen LogP contribution in [-0.2, 0) is 21.5 Å². The lowest BCUT2D eigenvalue weighted by Crippen LogP contribution is -2.47. The number of rotatable bonds is 4. The van der Waals surface area contributed by atoms with E-state index in [1.54, 1.807) is 0 Å². The zero-order chi connectivity index (χ0) is 20.9. The summed E-state index contributed by atoms with van der Waals surface area (Å²) in [5.41, 5.74) is 2.88. The van der Waals surface area contributed by atoms with Crippen molar-refractivity contribution in [2.24, 2.45) is 0 Å². The van der Waals surface area contributed by atoms with Crippen LogP contribution < -0.4 is 10.6 Å². The van der Waals surface area contributed by atoms with Crippen molar-refractivity contribution in [1.29, 1.82) is 0 Å². The fourth-order valence-corrected chi connectivity index (χ4v) is 3.75.